The molecule has 6 heteroatoms. The Morgan fingerprint density at radius 3 is 2.87 bits per heavy atom. The number of fused-ring (bicyclic) bond motifs is 4. The van der Waals surface area contributed by atoms with Gasteiger partial charge in [-0.2, -0.15) is 0 Å². The maximum Gasteiger partial charge on any atom is 0.147 e. The summed E-state index contributed by atoms with van der Waals surface area (Å²) < 4.78 is 7.07. The van der Waals surface area contributed by atoms with Gasteiger partial charge in [0, 0.05) is 23.4 Å². The lowest BCUT2D eigenvalue weighted by atomic mass is 9.95. The lowest BCUT2D eigenvalue weighted by molar-refractivity contribution is -0.0411. The van der Waals surface area contributed by atoms with Crippen LogP contribution in [0.2, 0.25) is 0 Å². The Kier molecular flexibility index (Phi) is 4.91. The van der Waals surface area contributed by atoms with Crippen LogP contribution >= 0.6 is 11.3 Å². The summed E-state index contributed by atoms with van der Waals surface area (Å²) in [5, 5.41) is 4.70. The summed E-state index contributed by atoms with van der Waals surface area (Å²) in [6.45, 7) is 7.06. The number of nitrogens with one attached hydrogen (secondary N) is 1. The van der Waals surface area contributed by atoms with Crippen LogP contribution in [0.1, 0.15) is 44.0 Å². The second kappa shape index (κ2) is 7.60. The van der Waals surface area contributed by atoms with Crippen molar-refractivity contribution in [2.45, 2.75) is 58.3 Å². The lowest BCUT2D eigenvalue weighted by Crippen LogP contribution is -2.32. The molecule has 0 bridgehead atoms. The van der Waals surface area contributed by atoms with Crippen molar-refractivity contribution in [2.75, 3.05) is 5.32 Å². The van der Waals surface area contributed by atoms with Crippen LogP contribution in [0.15, 0.2) is 42.7 Å². The van der Waals surface area contributed by atoms with Gasteiger partial charge in [0.15, 0.2) is 0 Å². The number of anilines is 1. The number of thiophene rings is 1. The molecule has 1 atom stereocenters. The smallest absolute Gasteiger partial charge is 0.147 e. The SMILES string of the molecule is CC(CCc1ccccc1)Nc1ncnc2c1sc1nc3c(cc12)COC(C)(C)C3. The highest BCUT2D eigenvalue weighted by atomic mass is 32.1. The van der Waals surface area contributed by atoms with Gasteiger partial charge in [-0.15, -0.1) is 11.3 Å². The number of pyridine rings is 1. The van der Waals surface area contributed by atoms with Crippen LogP contribution in [0.25, 0.3) is 20.4 Å². The summed E-state index contributed by atoms with van der Waals surface area (Å²) >= 11 is 1.68. The van der Waals surface area contributed by atoms with Gasteiger partial charge in [0.1, 0.15) is 17.0 Å². The fourth-order valence-electron chi connectivity index (χ4n) is 4.02. The van der Waals surface area contributed by atoms with Crippen molar-refractivity contribution in [3.05, 3.63) is 59.5 Å². The largest absolute Gasteiger partial charge is 0.370 e. The van der Waals surface area contributed by atoms with Gasteiger partial charge in [0.2, 0.25) is 0 Å². The van der Waals surface area contributed by atoms with E-state index in [0.29, 0.717) is 12.6 Å². The first-order chi connectivity index (χ1) is 14.5. The molecule has 1 unspecified atom stereocenters. The first kappa shape index (κ1) is 19.4. The fourth-order valence-corrected chi connectivity index (χ4v) is 5.10. The third-order valence-corrected chi connectivity index (χ3v) is 6.81. The highest BCUT2D eigenvalue weighted by molar-refractivity contribution is 7.25. The van der Waals surface area contributed by atoms with Crippen molar-refractivity contribution in [3.63, 3.8) is 0 Å². The third-order valence-electron chi connectivity index (χ3n) is 5.72. The Hall–Kier alpha value is -2.57. The minimum atomic E-state index is -0.162. The molecule has 3 aromatic heterocycles. The fraction of sp³-hybridized carbons (Fsp3) is 0.375. The van der Waals surface area contributed by atoms with Crippen molar-refractivity contribution in [1.82, 2.24) is 15.0 Å². The molecule has 1 aliphatic rings. The molecular weight excluding hydrogens is 392 g/mol. The highest BCUT2D eigenvalue weighted by Crippen LogP contribution is 2.38. The topological polar surface area (TPSA) is 59.9 Å². The van der Waals surface area contributed by atoms with E-state index in [9.17, 15) is 0 Å². The monoisotopic (exact) mass is 418 g/mol. The Morgan fingerprint density at radius 1 is 1.20 bits per heavy atom. The molecule has 0 spiro atoms. The maximum atomic E-state index is 5.99. The summed E-state index contributed by atoms with van der Waals surface area (Å²) in [7, 11) is 0. The average molecular weight is 419 g/mol. The van der Waals surface area contributed by atoms with Gasteiger partial charge < -0.3 is 10.1 Å². The molecule has 0 saturated carbocycles. The van der Waals surface area contributed by atoms with Crippen LogP contribution in [0.4, 0.5) is 5.82 Å². The molecule has 30 heavy (non-hydrogen) atoms. The molecule has 0 amide bonds. The van der Waals surface area contributed by atoms with E-state index in [4.69, 9.17) is 9.72 Å². The molecule has 5 rings (SSSR count). The van der Waals surface area contributed by atoms with Crippen LogP contribution in [0, 0.1) is 0 Å². The van der Waals surface area contributed by atoms with E-state index in [0.717, 1.165) is 51.2 Å². The molecule has 4 aromatic rings. The molecule has 1 aromatic carbocycles. The molecule has 154 valence electrons. The average Bonchev–Trinajstić information content (AvgIpc) is 3.09. The van der Waals surface area contributed by atoms with E-state index in [1.54, 1.807) is 17.7 Å². The first-order valence-corrected chi connectivity index (χ1v) is 11.3. The summed E-state index contributed by atoms with van der Waals surface area (Å²) in [6, 6.07) is 13.1. The van der Waals surface area contributed by atoms with Gasteiger partial charge in [0.25, 0.3) is 0 Å². The first-order valence-electron chi connectivity index (χ1n) is 10.5. The quantitative estimate of drug-likeness (QED) is 0.462. The van der Waals surface area contributed by atoms with E-state index in [-0.39, 0.29) is 5.60 Å². The second-order valence-electron chi connectivity index (χ2n) is 8.74. The summed E-state index contributed by atoms with van der Waals surface area (Å²) in [5.41, 5.74) is 4.49. The number of benzene rings is 1. The zero-order valence-corrected chi connectivity index (χ0v) is 18.4. The predicted molar refractivity (Wildman–Crippen MR) is 123 cm³/mol. The van der Waals surface area contributed by atoms with Gasteiger partial charge in [-0.3, -0.25) is 0 Å². The van der Waals surface area contributed by atoms with Gasteiger partial charge in [-0.25, -0.2) is 15.0 Å². The molecule has 4 heterocycles. The molecular formula is C24H26N4OS. The van der Waals surface area contributed by atoms with E-state index in [2.05, 4.69) is 72.5 Å². The van der Waals surface area contributed by atoms with Gasteiger partial charge >= 0.3 is 0 Å². The maximum absolute atomic E-state index is 5.99. The number of aryl methyl sites for hydroxylation is 1. The van der Waals surface area contributed by atoms with E-state index in [1.165, 1.54) is 11.1 Å². The second-order valence-corrected chi connectivity index (χ2v) is 9.74. The molecule has 0 fully saturated rings. The zero-order valence-electron chi connectivity index (χ0n) is 17.6. The Morgan fingerprint density at radius 2 is 2.03 bits per heavy atom. The standard InChI is InChI=1S/C24H26N4OS/c1-15(9-10-16-7-5-4-6-8-16)27-22-21-20(25-14-26-22)18-11-17-13-29-24(2,3)12-19(17)28-23(18)30-21/h4-8,11,14-15H,9-10,12-13H2,1-3H3,(H,25,26,27). The van der Waals surface area contributed by atoms with Crippen molar-refractivity contribution in [2.24, 2.45) is 0 Å². The third kappa shape index (κ3) is 3.77. The normalized spacial score (nSPS) is 16.5. The van der Waals surface area contributed by atoms with Crippen molar-refractivity contribution >= 4 is 37.6 Å². The molecule has 1 aliphatic heterocycles. The number of nitrogens with zero attached hydrogens (tertiary/aromatic N) is 3. The van der Waals surface area contributed by atoms with Crippen molar-refractivity contribution in [1.29, 1.82) is 0 Å². The number of hydrogen-bond donors (Lipinski definition) is 1. The highest BCUT2D eigenvalue weighted by Gasteiger charge is 2.28. The molecule has 5 nitrogen and oxygen atoms in total. The molecule has 0 saturated heterocycles. The van der Waals surface area contributed by atoms with Crippen LogP contribution in [-0.4, -0.2) is 26.6 Å². The minimum absolute atomic E-state index is 0.162. The van der Waals surface area contributed by atoms with Gasteiger partial charge in [-0.05, 0) is 45.2 Å². The van der Waals surface area contributed by atoms with E-state index < -0.39 is 0 Å². The zero-order chi connectivity index (χ0) is 20.7. The summed E-state index contributed by atoms with van der Waals surface area (Å²) in [6.07, 6.45) is 4.57. The van der Waals surface area contributed by atoms with E-state index >= 15 is 0 Å². The van der Waals surface area contributed by atoms with Crippen molar-refractivity contribution < 1.29 is 4.74 Å². The molecule has 0 radical (unpaired) electrons. The Balaban J connectivity index is 1.43. The Labute approximate surface area is 180 Å². The van der Waals surface area contributed by atoms with Crippen molar-refractivity contribution in [3.8, 4) is 0 Å². The lowest BCUT2D eigenvalue weighted by Gasteiger charge is -2.30. The minimum Gasteiger partial charge on any atom is -0.370 e. The summed E-state index contributed by atoms with van der Waals surface area (Å²) in [4.78, 5) is 15.2. The summed E-state index contributed by atoms with van der Waals surface area (Å²) in [5.74, 6) is 0.901. The Bertz CT molecular complexity index is 1200. The van der Waals surface area contributed by atoms with Gasteiger partial charge in [0.05, 0.1) is 28.1 Å². The molecule has 1 N–H and O–H groups in total. The predicted octanol–water partition coefficient (Wildman–Crippen LogP) is 5.52. The van der Waals surface area contributed by atoms with Gasteiger partial charge in [-0.1, -0.05) is 30.3 Å². The number of hydrogen-bond acceptors (Lipinski definition) is 6. The molecule has 0 aliphatic carbocycles. The van der Waals surface area contributed by atoms with Crippen LogP contribution in [0.3, 0.4) is 0 Å². The number of rotatable bonds is 5. The van der Waals surface area contributed by atoms with Crippen LogP contribution < -0.4 is 5.32 Å². The number of ether oxygens (including phenoxy) is 1. The van der Waals surface area contributed by atoms with E-state index in [1.807, 2.05) is 0 Å². The van der Waals surface area contributed by atoms with Crippen LogP contribution in [-0.2, 0) is 24.2 Å². The number of aromatic nitrogens is 3. The van der Waals surface area contributed by atoms with Crippen LogP contribution in [0.5, 0.6) is 0 Å².